The van der Waals surface area contributed by atoms with Crippen molar-refractivity contribution in [2.24, 2.45) is 4.99 Å². The van der Waals surface area contributed by atoms with Crippen LogP contribution in [0.4, 0.5) is 0 Å². The molecule has 0 spiro atoms. The molecule has 10 heavy (non-hydrogen) atoms. The van der Waals surface area contributed by atoms with Crippen molar-refractivity contribution in [1.82, 2.24) is 4.90 Å². The van der Waals surface area contributed by atoms with E-state index < -0.39 is 0 Å². The molecule has 2 nitrogen and oxygen atoms in total. The summed E-state index contributed by atoms with van der Waals surface area (Å²) in [5.41, 5.74) is 0. The highest BCUT2D eigenvalue weighted by Gasteiger charge is 2.01. The predicted molar refractivity (Wildman–Crippen MR) is 44.5 cm³/mol. The summed E-state index contributed by atoms with van der Waals surface area (Å²) in [7, 11) is 0. The molecule has 0 aromatic rings. The van der Waals surface area contributed by atoms with Gasteiger partial charge in [0.25, 0.3) is 0 Å². The van der Waals surface area contributed by atoms with E-state index in [1.807, 2.05) is 6.34 Å². The van der Waals surface area contributed by atoms with Crippen LogP contribution in [-0.4, -0.2) is 30.9 Å². The summed E-state index contributed by atoms with van der Waals surface area (Å²) in [5.74, 6) is 0. The van der Waals surface area contributed by atoms with Crippen LogP contribution in [-0.2, 0) is 0 Å². The van der Waals surface area contributed by atoms with Gasteiger partial charge in [-0.15, -0.1) is 0 Å². The molecule has 2 heteroatoms. The van der Waals surface area contributed by atoms with Gasteiger partial charge in [-0.1, -0.05) is 13.3 Å². The summed E-state index contributed by atoms with van der Waals surface area (Å²) < 4.78 is 0. The van der Waals surface area contributed by atoms with Crippen LogP contribution in [0, 0.1) is 0 Å². The largest absolute Gasteiger partial charge is 0.363 e. The van der Waals surface area contributed by atoms with Gasteiger partial charge >= 0.3 is 0 Å². The smallest absolute Gasteiger partial charge is 0.0849 e. The van der Waals surface area contributed by atoms with Crippen molar-refractivity contribution >= 4 is 6.34 Å². The molecule has 0 radical (unpaired) electrons. The summed E-state index contributed by atoms with van der Waals surface area (Å²) in [6, 6.07) is 0. The molecule has 0 bridgehead atoms. The number of hydrogen-bond acceptors (Lipinski definition) is 2. The van der Waals surface area contributed by atoms with E-state index in [0.717, 1.165) is 6.54 Å². The molecule has 0 fully saturated rings. The molecule has 1 aliphatic rings. The Bertz CT molecular complexity index is 110. The molecule has 0 saturated carbocycles. The first-order valence-corrected chi connectivity index (χ1v) is 4.17. The first-order chi connectivity index (χ1) is 4.93. The van der Waals surface area contributed by atoms with Crippen LogP contribution in [0.25, 0.3) is 0 Å². The Morgan fingerprint density at radius 3 is 3.10 bits per heavy atom. The highest BCUT2D eigenvalue weighted by molar-refractivity contribution is 5.55. The van der Waals surface area contributed by atoms with Crippen molar-refractivity contribution in [2.75, 3.05) is 19.6 Å². The van der Waals surface area contributed by atoms with E-state index in [2.05, 4.69) is 16.8 Å². The summed E-state index contributed by atoms with van der Waals surface area (Å²) in [5, 5.41) is 0. The zero-order valence-electron chi connectivity index (χ0n) is 6.71. The third-order valence-corrected chi connectivity index (χ3v) is 1.78. The van der Waals surface area contributed by atoms with Gasteiger partial charge in [0.05, 0.1) is 6.34 Å². The average Bonchev–Trinajstić information content (AvgIpc) is 2.03. The summed E-state index contributed by atoms with van der Waals surface area (Å²) in [6.07, 6.45) is 5.82. The van der Waals surface area contributed by atoms with Gasteiger partial charge in [0.1, 0.15) is 0 Å². The molecule has 1 heterocycles. The number of unbranched alkanes of at least 4 members (excludes halogenated alkanes) is 1. The first-order valence-electron chi connectivity index (χ1n) is 4.17. The minimum Gasteiger partial charge on any atom is -0.363 e. The van der Waals surface area contributed by atoms with Crippen LogP contribution in [0.3, 0.4) is 0 Å². The molecule has 1 rings (SSSR count). The maximum atomic E-state index is 4.21. The van der Waals surface area contributed by atoms with Crippen molar-refractivity contribution in [2.45, 2.75) is 26.2 Å². The van der Waals surface area contributed by atoms with E-state index in [0.29, 0.717) is 0 Å². The maximum Gasteiger partial charge on any atom is 0.0849 e. The van der Waals surface area contributed by atoms with Crippen molar-refractivity contribution in [3.8, 4) is 0 Å². The summed E-state index contributed by atoms with van der Waals surface area (Å²) in [6.45, 7) is 5.66. The van der Waals surface area contributed by atoms with E-state index >= 15 is 0 Å². The number of nitrogens with zero attached hydrogens (tertiary/aromatic N) is 2. The Labute approximate surface area is 62.9 Å². The zero-order chi connectivity index (χ0) is 7.23. The fourth-order valence-electron chi connectivity index (χ4n) is 1.13. The standard InChI is InChI=1S/C8H16N2/c1-2-3-6-10-7-4-5-9-8-10/h8H,2-7H2,1H3. The van der Waals surface area contributed by atoms with E-state index in [1.54, 1.807) is 0 Å². The number of aliphatic imine (C=N–C) groups is 1. The Hall–Kier alpha value is -0.530. The Morgan fingerprint density at radius 1 is 1.60 bits per heavy atom. The van der Waals surface area contributed by atoms with Crippen molar-refractivity contribution in [1.29, 1.82) is 0 Å². The quantitative estimate of drug-likeness (QED) is 0.580. The van der Waals surface area contributed by atoms with E-state index in [-0.39, 0.29) is 0 Å². The van der Waals surface area contributed by atoms with Crippen LogP contribution in [0.15, 0.2) is 4.99 Å². The highest BCUT2D eigenvalue weighted by atomic mass is 15.2. The molecular formula is C8H16N2. The van der Waals surface area contributed by atoms with Crippen molar-refractivity contribution in [3.63, 3.8) is 0 Å². The Balaban J connectivity index is 2.13. The molecule has 0 aromatic carbocycles. The second-order valence-electron chi connectivity index (χ2n) is 2.76. The van der Waals surface area contributed by atoms with Gasteiger partial charge in [0.15, 0.2) is 0 Å². The lowest BCUT2D eigenvalue weighted by Gasteiger charge is -2.21. The zero-order valence-corrected chi connectivity index (χ0v) is 6.71. The SMILES string of the molecule is CCCCN1C=NCCC1. The van der Waals surface area contributed by atoms with E-state index in [9.17, 15) is 0 Å². The molecule has 0 amide bonds. The Morgan fingerprint density at radius 2 is 2.50 bits per heavy atom. The van der Waals surface area contributed by atoms with Crippen molar-refractivity contribution < 1.29 is 0 Å². The van der Waals surface area contributed by atoms with E-state index in [4.69, 9.17) is 0 Å². The number of hydrogen-bond donors (Lipinski definition) is 0. The maximum absolute atomic E-state index is 4.21. The lowest BCUT2D eigenvalue weighted by molar-refractivity contribution is 0.398. The Kier molecular flexibility index (Phi) is 3.27. The van der Waals surface area contributed by atoms with Gasteiger partial charge in [-0.3, -0.25) is 4.99 Å². The van der Waals surface area contributed by atoms with Gasteiger partial charge < -0.3 is 4.90 Å². The molecule has 0 atom stereocenters. The predicted octanol–water partition coefficient (Wildman–Crippen LogP) is 1.52. The molecule has 0 aromatic heterocycles. The summed E-state index contributed by atoms with van der Waals surface area (Å²) in [4.78, 5) is 6.52. The van der Waals surface area contributed by atoms with Gasteiger partial charge in [-0.05, 0) is 12.8 Å². The van der Waals surface area contributed by atoms with Crippen LogP contribution in [0.5, 0.6) is 0 Å². The van der Waals surface area contributed by atoms with Crippen LogP contribution < -0.4 is 0 Å². The molecule has 0 aliphatic carbocycles. The third-order valence-electron chi connectivity index (χ3n) is 1.78. The molecule has 58 valence electrons. The molecule has 0 unspecified atom stereocenters. The van der Waals surface area contributed by atoms with Gasteiger partial charge in [0.2, 0.25) is 0 Å². The molecular weight excluding hydrogens is 124 g/mol. The topological polar surface area (TPSA) is 15.6 Å². The van der Waals surface area contributed by atoms with Gasteiger partial charge in [-0.25, -0.2) is 0 Å². The van der Waals surface area contributed by atoms with Crippen LogP contribution >= 0.6 is 0 Å². The lowest BCUT2D eigenvalue weighted by Crippen LogP contribution is -2.27. The second kappa shape index (κ2) is 4.31. The monoisotopic (exact) mass is 140 g/mol. The molecule has 0 saturated heterocycles. The number of rotatable bonds is 3. The molecule has 1 aliphatic heterocycles. The highest BCUT2D eigenvalue weighted by Crippen LogP contribution is 1.98. The van der Waals surface area contributed by atoms with Crippen LogP contribution in [0.2, 0.25) is 0 Å². The van der Waals surface area contributed by atoms with Gasteiger partial charge in [-0.2, -0.15) is 0 Å². The van der Waals surface area contributed by atoms with E-state index in [1.165, 1.54) is 32.4 Å². The van der Waals surface area contributed by atoms with Gasteiger partial charge in [0, 0.05) is 19.6 Å². The summed E-state index contributed by atoms with van der Waals surface area (Å²) >= 11 is 0. The third kappa shape index (κ3) is 2.38. The van der Waals surface area contributed by atoms with Crippen LogP contribution in [0.1, 0.15) is 26.2 Å². The lowest BCUT2D eigenvalue weighted by atomic mass is 10.3. The fraction of sp³-hybridized carbons (Fsp3) is 0.875. The minimum absolute atomic E-state index is 1.03. The molecule has 0 N–H and O–H groups in total. The average molecular weight is 140 g/mol. The first kappa shape index (κ1) is 7.58. The van der Waals surface area contributed by atoms with Crippen molar-refractivity contribution in [3.05, 3.63) is 0 Å². The second-order valence-corrected chi connectivity index (χ2v) is 2.76. The minimum atomic E-state index is 1.03. The fourth-order valence-corrected chi connectivity index (χ4v) is 1.13. The normalized spacial score (nSPS) is 17.9.